The molecule has 0 atom stereocenters. The van der Waals surface area contributed by atoms with Gasteiger partial charge in [-0.3, -0.25) is 19.0 Å². The molecule has 0 saturated heterocycles. The van der Waals surface area contributed by atoms with Crippen molar-refractivity contribution in [3.63, 3.8) is 0 Å². The number of halogens is 2. The van der Waals surface area contributed by atoms with Gasteiger partial charge in [-0.15, -0.1) is 0 Å². The molecule has 3 aromatic carbocycles. The first-order valence-electron chi connectivity index (χ1n) is 12.0. The van der Waals surface area contributed by atoms with Crippen LogP contribution in [0.2, 0.25) is 10.0 Å². The third kappa shape index (κ3) is 3.99. The average Bonchev–Trinajstić information content (AvgIpc) is 3.26. The molecule has 5 rings (SSSR count). The second-order valence-corrected chi connectivity index (χ2v) is 10.1. The number of phenols is 1. The van der Waals surface area contributed by atoms with E-state index < -0.39 is 5.92 Å². The van der Waals surface area contributed by atoms with Crippen LogP contribution in [0.1, 0.15) is 34.0 Å². The van der Waals surface area contributed by atoms with E-state index in [0.717, 1.165) is 0 Å². The Morgan fingerprint density at radius 2 is 1.13 bits per heavy atom. The van der Waals surface area contributed by atoms with Crippen molar-refractivity contribution in [1.29, 1.82) is 0 Å². The minimum Gasteiger partial charge on any atom is -0.506 e. The SMILES string of the molecule is Cc1c(C(c2cc(Cl)cc(Cl)c2O)c2c(C)n(C)n(-c3ccccc3)c2=O)c(=O)n(-c2ccccc2)n1C. The molecular formula is C29H26Cl2N4O3. The summed E-state index contributed by atoms with van der Waals surface area (Å²) >= 11 is 12.7. The zero-order valence-electron chi connectivity index (χ0n) is 21.3. The van der Waals surface area contributed by atoms with Crippen LogP contribution in [0.5, 0.6) is 5.75 Å². The number of phenolic OH excluding ortho intramolecular Hbond substituents is 1. The van der Waals surface area contributed by atoms with Gasteiger partial charge in [-0.1, -0.05) is 59.6 Å². The van der Waals surface area contributed by atoms with Gasteiger partial charge in [0.05, 0.1) is 33.4 Å². The molecule has 2 aromatic heterocycles. The highest BCUT2D eigenvalue weighted by molar-refractivity contribution is 6.35. The summed E-state index contributed by atoms with van der Waals surface area (Å²) < 4.78 is 6.60. The number of rotatable bonds is 5. The van der Waals surface area contributed by atoms with Gasteiger partial charge in [0.25, 0.3) is 11.1 Å². The van der Waals surface area contributed by atoms with Crippen molar-refractivity contribution < 1.29 is 5.11 Å². The molecule has 0 aliphatic rings. The highest BCUT2D eigenvalue weighted by atomic mass is 35.5. The van der Waals surface area contributed by atoms with Crippen LogP contribution in [0.4, 0.5) is 0 Å². The summed E-state index contributed by atoms with van der Waals surface area (Å²) in [5.41, 5.74) is 2.95. The lowest BCUT2D eigenvalue weighted by Gasteiger charge is -2.18. The lowest BCUT2D eigenvalue weighted by Crippen LogP contribution is -2.26. The summed E-state index contributed by atoms with van der Waals surface area (Å²) in [6.07, 6.45) is 0. The Bertz CT molecular complexity index is 1680. The molecule has 38 heavy (non-hydrogen) atoms. The summed E-state index contributed by atoms with van der Waals surface area (Å²) in [7, 11) is 3.57. The van der Waals surface area contributed by atoms with Gasteiger partial charge in [-0.2, -0.15) is 0 Å². The predicted molar refractivity (Wildman–Crippen MR) is 151 cm³/mol. The zero-order valence-corrected chi connectivity index (χ0v) is 22.8. The lowest BCUT2D eigenvalue weighted by molar-refractivity contribution is 0.467. The maximum atomic E-state index is 14.1. The summed E-state index contributed by atoms with van der Waals surface area (Å²) in [5, 5.41) is 11.5. The number of hydrogen-bond donors (Lipinski definition) is 1. The second-order valence-electron chi connectivity index (χ2n) is 9.21. The van der Waals surface area contributed by atoms with Gasteiger partial charge in [-0.05, 0) is 50.2 Å². The highest BCUT2D eigenvalue weighted by Gasteiger charge is 2.35. The van der Waals surface area contributed by atoms with Crippen molar-refractivity contribution in [3.05, 3.63) is 132 Å². The van der Waals surface area contributed by atoms with E-state index in [1.807, 2.05) is 74.5 Å². The first kappa shape index (κ1) is 25.7. The van der Waals surface area contributed by atoms with Crippen LogP contribution in [0.15, 0.2) is 82.4 Å². The molecule has 7 nitrogen and oxygen atoms in total. The van der Waals surface area contributed by atoms with Crippen molar-refractivity contribution >= 4 is 23.2 Å². The normalized spacial score (nSPS) is 11.4. The zero-order chi connectivity index (χ0) is 27.3. The molecule has 0 amide bonds. The molecule has 1 N–H and O–H groups in total. The quantitative estimate of drug-likeness (QED) is 0.316. The molecule has 0 unspecified atom stereocenters. The minimum absolute atomic E-state index is 0.0337. The van der Waals surface area contributed by atoms with E-state index in [4.69, 9.17) is 23.2 Å². The van der Waals surface area contributed by atoms with Crippen molar-refractivity contribution in [2.45, 2.75) is 19.8 Å². The summed E-state index contributed by atoms with van der Waals surface area (Å²) in [5.74, 6) is -1.18. The largest absolute Gasteiger partial charge is 0.506 e. The third-order valence-electron chi connectivity index (χ3n) is 7.14. The van der Waals surface area contributed by atoms with E-state index in [2.05, 4.69) is 0 Å². The van der Waals surface area contributed by atoms with Crippen molar-refractivity contribution in [1.82, 2.24) is 18.7 Å². The first-order chi connectivity index (χ1) is 18.1. The van der Waals surface area contributed by atoms with E-state index >= 15 is 0 Å². The Hall–Kier alpha value is -3.94. The Labute approximate surface area is 229 Å². The predicted octanol–water partition coefficient (Wildman–Crippen LogP) is 5.47. The van der Waals surface area contributed by atoms with Gasteiger partial charge in [-0.25, -0.2) is 9.36 Å². The number of aromatic nitrogens is 4. The van der Waals surface area contributed by atoms with Crippen LogP contribution in [-0.2, 0) is 14.1 Å². The molecule has 5 aromatic rings. The Morgan fingerprint density at radius 1 is 0.711 bits per heavy atom. The lowest BCUT2D eigenvalue weighted by atomic mass is 9.84. The van der Waals surface area contributed by atoms with Crippen molar-refractivity contribution in [2.24, 2.45) is 14.1 Å². The standard InChI is InChI=1S/C29H26Cl2N4O3/c1-17-24(28(37)34(32(17)3)20-11-7-5-8-12-20)26(22-15-19(30)16-23(31)27(22)36)25-18(2)33(4)35(29(25)38)21-13-9-6-10-14-21/h5-16,26,36H,1-4H3. The number of aromatic hydroxyl groups is 1. The van der Waals surface area contributed by atoms with Crippen molar-refractivity contribution in [3.8, 4) is 17.1 Å². The fourth-order valence-corrected chi connectivity index (χ4v) is 5.61. The monoisotopic (exact) mass is 548 g/mol. The highest BCUT2D eigenvalue weighted by Crippen LogP contribution is 2.42. The number of benzene rings is 3. The van der Waals surface area contributed by atoms with Crippen LogP contribution in [0.3, 0.4) is 0 Å². The molecule has 0 saturated carbocycles. The minimum atomic E-state index is -0.946. The molecule has 0 radical (unpaired) electrons. The fraction of sp³-hybridized carbons (Fsp3) is 0.172. The fourth-order valence-electron chi connectivity index (χ4n) is 5.10. The molecule has 0 aliphatic heterocycles. The molecule has 0 spiro atoms. The summed E-state index contributed by atoms with van der Waals surface area (Å²) in [6, 6.07) is 21.5. The molecule has 0 aliphatic carbocycles. The maximum absolute atomic E-state index is 14.1. The third-order valence-corrected chi connectivity index (χ3v) is 7.65. The van der Waals surface area contributed by atoms with Crippen LogP contribution < -0.4 is 11.1 Å². The van der Waals surface area contributed by atoms with Gasteiger partial charge in [0, 0.05) is 36.1 Å². The molecule has 0 fully saturated rings. The molecule has 9 heteroatoms. The van der Waals surface area contributed by atoms with E-state index in [-0.39, 0.29) is 32.5 Å². The Morgan fingerprint density at radius 3 is 1.55 bits per heavy atom. The van der Waals surface area contributed by atoms with Gasteiger partial charge < -0.3 is 5.11 Å². The molecular weight excluding hydrogens is 523 g/mol. The smallest absolute Gasteiger partial charge is 0.275 e. The van der Waals surface area contributed by atoms with E-state index in [9.17, 15) is 14.7 Å². The summed E-state index contributed by atoms with van der Waals surface area (Å²) in [6.45, 7) is 3.64. The Kier molecular flexibility index (Phi) is 6.59. The van der Waals surface area contributed by atoms with E-state index in [1.165, 1.54) is 6.07 Å². The van der Waals surface area contributed by atoms with Gasteiger partial charge in [0.1, 0.15) is 5.75 Å². The van der Waals surface area contributed by atoms with Crippen LogP contribution in [-0.4, -0.2) is 23.8 Å². The van der Waals surface area contributed by atoms with E-state index in [1.54, 1.807) is 38.9 Å². The van der Waals surface area contributed by atoms with Crippen LogP contribution in [0.25, 0.3) is 11.4 Å². The maximum Gasteiger partial charge on any atom is 0.275 e. The topological polar surface area (TPSA) is 74.1 Å². The average molecular weight is 549 g/mol. The van der Waals surface area contributed by atoms with Gasteiger partial charge in [0.2, 0.25) is 0 Å². The van der Waals surface area contributed by atoms with Crippen LogP contribution >= 0.6 is 23.2 Å². The van der Waals surface area contributed by atoms with Gasteiger partial charge in [0.15, 0.2) is 0 Å². The van der Waals surface area contributed by atoms with Crippen molar-refractivity contribution in [2.75, 3.05) is 0 Å². The number of para-hydroxylation sites is 2. The molecule has 0 bridgehead atoms. The number of nitrogens with zero attached hydrogens (tertiary/aromatic N) is 4. The molecule has 194 valence electrons. The first-order valence-corrected chi connectivity index (χ1v) is 12.7. The van der Waals surface area contributed by atoms with Crippen LogP contribution in [0, 0.1) is 13.8 Å². The Balaban J connectivity index is 1.90. The number of hydrogen-bond acceptors (Lipinski definition) is 3. The second kappa shape index (κ2) is 9.74. The summed E-state index contributed by atoms with van der Waals surface area (Å²) in [4.78, 5) is 28.3. The van der Waals surface area contributed by atoms with E-state index in [0.29, 0.717) is 33.9 Å². The van der Waals surface area contributed by atoms with Gasteiger partial charge >= 0.3 is 0 Å². The molecule has 2 heterocycles.